The molecule has 1 aromatic rings. The van der Waals surface area contributed by atoms with E-state index in [1.807, 2.05) is 0 Å². The van der Waals surface area contributed by atoms with E-state index in [1.54, 1.807) is 25.1 Å². The Hall–Kier alpha value is -1.68. The number of ether oxygens (including phenoxy) is 1. The molecule has 1 N–H and O–H groups in total. The van der Waals surface area contributed by atoms with E-state index in [2.05, 4.69) is 16.6 Å². The van der Waals surface area contributed by atoms with Crippen molar-refractivity contribution in [2.75, 3.05) is 13.7 Å². The van der Waals surface area contributed by atoms with E-state index in [-0.39, 0.29) is 5.82 Å². The summed E-state index contributed by atoms with van der Waals surface area (Å²) in [4.78, 5) is 11.6. The first-order chi connectivity index (χ1) is 8.10. The van der Waals surface area contributed by atoms with Crippen molar-refractivity contribution in [1.29, 1.82) is 0 Å². The van der Waals surface area contributed by atoms with Gasteiger partial charge < -0.3 is 4.74 Å². The van der Waals surface area contributed by atoms with Crippen LogP contribution in [0.15, 0.2) is 30.9 Å². The van der Waals surface area contributed by atoms with Gasteiger partial charge in [-0.25, -0.2) is 9.18 Å². The number of halogens is 1. The molecule has 0 amide bonds. The topological polar surface area (TPSA) is 38.3 Å². The summed E-state index contributed by atoms with van der Waals surface area (Å²) in [7, 11) is 1.30. The Labute approximate surface area is 100 Å². The first kappa shape index (κ1) is 13.4. The zero-order valence-electron chi connectivity index (χ0n) is 10.00. The third-order valence-corrected chi connectivity index (χ3v) is 2.43. The smallest absolute Gasteiger partial charge is 0.327 e. The first-order valence-electron chi connectivity index (χ1n) is 5.28. The summed E-state index contributed by atoms with van der Waals surface area (Å²) in [6, 6.07) is 4.01. The second-order valence-corrected chi connectivity index (χ2v) is 3.66. The van der Waals surface area contributed by atoms with Gasteiger partial charge in [0, 0.05) is 6.54 Å². The lowest BCUT2D eigenvalue weighted by Crippen LogP contribution is -2.29. The van der Waals surface area contributed by atoms with Gasteiger partial charge in [-0.3, -0.25) is 5.32 Å². The standard InChI is InChI=1S/C13H16FNO2/c1-4-7-15-12(13(16)17-3)10-6-5-9(2)11(14)8-10/h4-6,8,12,15H,1,7H2,2-3H3. The van der Waals surface area contributed by atoms with Crippen LogP contribution >= 0.6 is 0 Å². The quantitative estimate of drug-likeness (QED) is 0.629. The Morgan fingerprint density at radius 3 is 2.88 bits per heavy atom. The normalized spacial score (nSPS) is 11.9. The molecular formula is C13H16FNO2. The van der Waals surface area contributed by atoms with Crippen LogP contribution in [0.5, 0.6) is 0 Å². The van der Waals surface area contributed by atoms with E-state index < -0.39 is 12.0 Å². The minimum Gasteiger partial charge on any atom is -0.468 e. The van der Waals surface area contributed by atoms with E-state index in [1.165, 1.54) is 13.2 Å². The van der Waals surface area contributed by atoms with Gasteiger partial charge in [0.05, 0.1) is 7.11 Å². The average Bonchev–Trinajstić information content (AvgIpc) is 2.33. The molecule has 17 heavy (non-hydrogen) atoms. The van der Waals surface area contributed by atoms with Gasteiger partial charge in [0.1, 0.15) is 11.9 Å². The molecule has 0 aliphatic rings. The zero-order valence-corrected chi connectivity index (χ0v) is 10.00. The third kappa shape index (κ3) is 3.39. The molecule has 1 unspecified atom stereocenters. The molecule has 1 aromatic carbocycles. The number of aryl methyl sites for hydroxylation is 1. The summed E-state index contributed by atoms with van der Waals surface area (Å²) in [5.41, 5.74) is 1.09. The zero-order chi connectivity index (χ0) is 12.8. The highest BCUT2D eigenvalue weighted by Gasteiger charge is 2.20. The molecular weight excluding hydrogens is 221 g/mol. The lowest BCUT2D eigenvalue weighted by Gasteiger charge is -2.16. The van der Waals surface area contributed by atoms with E-state index in [4.69, 9.17) is 0 Å². The minimum absolute atomic E-state index is 0.336. The number of carbonyl (C=O) groups excluding carboxylic acids is 1. The number of rotatable bonds is 5. The van der Waals surface area contributed by atoms with Crippen molar-refractivity contribution >= 4 is 5.97 Å². The van der Waals surface area contributed by atoms with Crippen LogP contribution in [0.2, 0.25) is 0 Å². The summed E-state index contributed by atoms with van der Waals surface area (Å²) >= 11 is 0. The van der Waals surface area contributed by atoms with E-state index in [9.17, 15) is 9.18 Å². The van der Waals surface area contributed by atoms with Gasteiger partial charge in [-0.2, -0.15) is 0 Å². The largest absolute Gasteiger partial charge is 0.468 e. The Kier molecular flexibility index (Phi) is 4.84. The number of methoxy groups -OCH3 is 1. The Balaban J connectivity index is 2.98. The average molecular weight is 237 g/mol. The van der Waals surface area contributed by atoms with Crippen LogP contribution in [0.1, 0.15) is 17.2 Å². The number of hydrogen-bond donors (Lipinski definition) is 1. The number of esters is 1. The summed E-state index contributed by atoms with van der Waals surface area (Å²) in [6.45, 7) is 5.66. The van der Waals surface area contributed by atoms with Crippen LogP contribution in [-0.4, -0.2) is 19.6 Å². The van der Waals surface area contributed by atoms with Gasteiger partial charge in [-0.05, 0) is 24.1 Å². The molecule has 0 bridgehead atoms. The lowest BCUT2D eigenvalue weighted by atomic mass is 10.0. The van der Waals surface area contributed by atoms with E-state index >= 15 is 0 Å². The molecule has 92 valence electrons. The maximum Gasteiger partial charge on any atom is 0.327 e. The highest BCUT2D eigenvalue weighted by atomic mass is 19.1. The molecule has 0 aliphatic carbocycles. The van der Waals surface area contributed by atoms with Crippen molar-refractivity contribution in [1.82, 2.24) is 5.32 Å². The van der Waals surface area contributed by atoms with Crippen LogP contribution in [0, 0.1) is 12.7 Å². The van der Waals surface area contributed by atoms with Crippen LogP contribution in [0.3, 0.4) is 0 Å². The second-order valence-electron chi connectivity index (χ2n) is 3.66. The molecule has 1 atom stereocenters. The highest BCUT2D eigenvalue weighted by molar-refractivity contribution is 5.77. The van der Waals surface area contributed by atoms with E-state index in [0.717, 1.165) is 0 Å². The van der Waals surface area contributed by atoms with E-state index in [0.29, 0.717) is 17.7 Å². The number of carbonyl (C=O) groups is 1. The van der Waals surface area contributed by atoms with Crippen molar-refractivity contribution in [3.05, 3.63) is 47.8 Å². The molecule has 3 nitrogen and oxygen atoms in total. The predicted molar refractivity (Wildman–Crippen MR) is 64.1 cm³/mol. The van der Waals surface area contributed by atoms with Crippen LogP contribution in [0.4, 0.5) is 4.39 Å². The maximum absolute atomic E-state index is 13.4. The number of benzene rings is 1. The van der Waals surface area contributed by atoms with Crippen molar-refractivity contribution in [3.63, 3.8) is 0 Å². The van der Waals surface area contributed by atoms with Gasteiger partial charge in [-0.15, -0.1) is 6.58 Å². The third-order valence-electron chi connectivity index (χ3n) is 2.43. The van der Waals surface area contributed by atoms with Crippen LogP contribution in [0.25, 0.3) is 0 Å². The van der Waals surface area contributed by atoms with Gasteiger partial charge in [-0.1, -0.05) is 18.2 Å². The van der Waals surface area contributed by atoms with Gasteiger partial charge >= 0.3 is 5.97 Å². The summed E-state index contributed by atoms with van der Waals surface area (Å²) in [6.07, 6.45) is 1.63. The fourth-order valence-electron chi connectivity index (χ4n) is 1.44. The SMILES string of the molecule is C=CCNC(C(=O)OC)c1ccc(C)c(F)c1. The van der Waals surface area contributed by atoms with Gasteiger partial charge in [0.25, 0.3) is 0 Å². The van der Waals surface area contributed by atoms with Crippen molar-refractivity contribution in [3.8, 4) is 0 Å². The van der Waals surface area contributed by atoms with Crippen molar-refractivity contribution in [2.45, 2.75) is 13.0 Å². The highest BCUT2D eigenvalue weighted by Crippen LogP contribution is 2.17. The molecule has 0 saturated heterocycles. The molecule has 1 rings (SSSR count). The van der Waals surface area contributed by atoms with Crippen molar-refractivity contribution in [2.24, 2.45) is 0 Å². The number of hydrogen-bond acceptors (Lipinski definition) is 3. The first-order valence-corrected chi connectivity index (χ1v) is 5.28. The fourth-order valence-corrected chi connectivity index (χ4v) is 1.44. The molecule has 0 spiro atoms. The summed E-state index contributed by atoms with van der Waals surface area (Å²) < 4.78 is 18.1. The Morgan fingerprint density at radius 1 is 1.65 bits per heavy atom. The molecule has 0 fully saturated rings. The molecule has 0 aromatic heterocycles. The maximum atomic E-state index is 13.4. The molecule has 0 saturated carbocycles. The molecule has 0 heterocycles. The second kappa shape index (κ2) is 6.15. The lowest BCUT2D eigenvalue weighted by molar-refractivity contribution is -0.143. The molecule has 0 aliphatic heterocycles. The monoisotopic (exact) mass is 237 g/mol. The van der Waals surface area contributed by atoms with Gasteiger partial charge in [0.15, 0.2) is 0 Å². The Morgan fingerprint density at radius 2 is 2.35 bits per heavy atom. The molecule has 4 heteroatoms. The van der Waals surface area contributed by atoms with Crippen LogP contribution < -0.4 is 5.32 Å². The summed E-state index contributed by atoms with van der Waals surface area (Å²) in [5, 5.41) is 2.92. The molecule has 0 radical (unpaired) electrons. The minimum atomic E-state index is -0.673. The fraction of sp³-hybridized carbons (Fsp3) is 0.308. The summed E-state index contributed by atoms with van der Waals surface area (Å²) in [5.74, 6) is -0.785. The number of nitrogens with one attached hydrogen (secondary N) is 1. The van der Waals surface area contributed by atoms with Crippen LogP contribution in [-0.2, 0) is 9.53 Å². The Bertz CT molecular complexity index is 418. The van der Waals surface area contributed by atoms with Crippen molar-refractivity contribution < 1.29 is 13.9 Å². The van der Waals surface area contributed by atoms with Gasteiger partial charge in [0.2, 0.25) is 0 Å². The predicted octanol–water partition coefficient (Wildman–Crippen LogP) is 2.12.